The molecule has 25 heavy (non-hydrogen) atoms. The van der Waals surface area contributed by atoms with Gasteiger partial charge in [-0.1, -0.05) is 6.07 Å². The van der Waals surface area contributed by atoms with E-state index < -0.39 is 50.0 Å². The Bertz CT molecular complexity index is 882. The second kappa shape index (κ2) is 7.01. The summed E-state index contributed by atoms with van der Waals surface area (Å²) in [5, 5.41) is -1.09. The normalized spacial score (nSPS) is 12.0. The molecule has 0 aliphatic carbocycles. The SMILES string of the molecule is O=C(Cl)CN(c1cccc(C(F)(F)F)c1)S(=O)(=O)c1ccc(F)cc1. The van der Waals surface area contributed by atoms with Crippen molar-refractivity contribution in [3.63, 3.8) is 0 Å². The van der Waals surface area contributed by atoms with Crippen molar-refractivity contribution in [2.24, 2.45) is 0 Å². The zero-order chi connectivity index (χ0) is 18.8. The van der Waals surface area contributed by atoms with Crippen LogP contribution >= 0.6 is 11.6 Å². The van der Waals surface area contributed by atoms with Crippen molar-refractivity contribution in [1.82, 2.24) is 0 Å². The van der Waals surface area contributed by atoms with E-state index in [1.54, 1.807) is 0 Å². The maximum absolute atomic E-state index is 13.0. The zero-order valence-electron chi connectivity index (χ0n) is 12.3. The Morgan fingerprint density at radius 1 is 1.08 bits per heavy atom. The molecular formula is C15H10ClF4NO3S. The highest BCUT2D eigenvalue weighted by molar-refractivity contribution is 7.92. The van der Waals surface area contributed by atoms with Gasteiger partial charge in [0, 0.05) is 0 Å². The van der Waals surface area contributed by atoms with Crippen LogP contribution in [0.1, 0.15) is 5.56 Å². The lowest BCUT2D eigenvalue weighted by atomic mass is 10.2. The highest BCUT2D eigenvalue weighted by atomic mass is 35.5. The van der Waals surface area contributed by atoms with Gasteiger partial charge in [0.1, 0.15) is 12.4 Å². The highest BCUT2D eigenvalue weighted by Crippen LogP contribution is 2.33. The summed E-state index contributed by atoms with van der Waals surface area (Å²) in [6, 6.07) is 7.06. The van der Waals surface area contributed by atoms with Crippen molar-refractivity contribution in [2.75, 3.05) is 10.8 Å². The molecule has 0 aliphatic rings. The molecular weight excluding hydrogens is 386 g/mol. The fraction of sp³-hybridized carbons (Fsp3) is 0.133. The van der Waals surface area contributed by atoms with Gasteiger partial charge >= 0.3 is 6.18 Å². The molecule has 2 aromatic carbocycles. The first-order valence-corrected chi connectivity index (χ1v) is 8.47. The molecule has 0 saturated carbocycles. The van der Waals surface area contributed by atoms with Gasteiger partial charge in [0.25, 0.3) is 10.0 Å². The van der Waals surface area contributed by atoms with Crippen LogP contribution in [0.3, 0.4) is 0 Å². The fourth-order valence-electron chi connectivity index (χ4n) is 2.00. The number of sulfonamides is 1. The van der Waals surface area contributed by atoms with Crippen LogP contribution in [-0.4, -0.2) is 20.2 Å². The van der Waals surface area contributed by atoms with Gasteiger partial charge in [-0.3, -0.25) is 9.10 Å². The number of nitrogens with zero attached hydrogens (tertiary/aromatic N) is 1. The Kier molecular flexibility index (Phi) is 5.38. The molecule has 2 rings (SSSR count). The van der Waals surface area contributed by atoms with E-state index in [1.165, 1.54) is 0 Å². The molecule has 0 radical (unpaired) electrons. The molecule has 134 valence electrons. The summed E-state index contributed by atoms with van der Waals surface area (Å²) in [7, 11) is -4.43. The number of hydrogen-bond donors (Lipinski definition) is 0. The van der Waals surface area contributed by atoms with Crippen molar-refractivity contribution in [3.05, 3.63) is 59.9 Å². The predicted octanol–water partition coefficient (Wildman–Crippen LogP) is 3.81. The molecule has 0 aromatic heterocycles. The van der Waals surface area contributed by atoms with Crippen molar-refractivity contribution in [2.45, 2.75) is 11.1 Å². The number of benzene rings is 2. The molecule has 0 bridgehead atoms. The first kappa shape index (κ1) is 19.2. The summed E-state index contributed by atoms with van der Waals surface area (Å²) in [4.78, 5) is 10.8. The average molecular weight is 396 g/mol. The first-order chi connectivity index (χ1) is 11.5. The quantitative estimate of drug-likeness (QED) is 0.571. The van der Waals surface area contributed by atoms with Crippen LogP contribution in [0, 0.1) is 5.82 Å². The van der Waals surface area contributed by atoms with Gasteiger partial charge in [-0.15, -0.1) is 0 Å². The van der Waals surface area contributed by atoms with Crippen LogP contribution in [0.4, 0.5) is 23.2 Å². The van der Waals surface area contributed by atoms with Gasteiger partial charge in [0.2, 0.25) is 5.24 Å². The maximum atomic E-state index is 13.0. The summed E-state index contributed by atoms with van der Waals surface area (Å²) >= 11 is 5.24. The topological polar surface area (TPSA) is 54.5 Å². The molecule has 0 spiro atoms. The van der Waals surface area contributed by atoms with Crippen LogP contribution < -0.4 is 4.31 Å². The van der Waals surface area contributed by atoms with Gasteiger partial charge in [-0.25, -0.2) is 12.8 Å². The summed E-state index contributed by atoms with van der Waals surface area (Å²) < 4.78 is 77.3. The van der Waals surface area contributed by atoms with Crippen LogP contribution in [0.15, 0.2) is 53.4 Å². The molecule has 0 heterocycles. The molecule has 0 fully saturated rings. The number of carbonyl (C=O) groups excluding carboxylic acids is 1. The van der Waals surface area contributed by atoms with E-state index in [9.17, 15) is 30.8 Å². The van der Waals surface area contributed by atoms with Gasteiger partial charge in [0.05, 0.1) is 16.1 Å². The summed E-state index contributed by atoms with van der Waals surface area (Å²) in [6.45, 7) is -0.886. The summed E-state index contributed by atoms with van der Waals surface area (Å²) in [6.07, 6.45) is -4.70. The van der Waals surface area contributed by atoms with E-state index in [0.29, 0.717) is 10.4 Å². The van der Waals surface area contributed by atoms with Crippen LogP contribution in [0.25, 0.3) is 0 Å². The summed E-state index contributed by atoms with van der Waals surface area (Å²) in [5.41, 5.74) is -1.49. The zero-order valence-corrected chi connectivity index (χ0v) is 13.9. The first-order valence-electron chi connectivity index (χ1n) is 6.66. The molecule has 2 aromatic rings. The number of rotatable bonds is 5. The third-order valence-corrected chi connectivity index (χ3v) is 5.04. The van der Waals surface area contributed by atoms with Crippen molar-refractivity contribution >= 4 is 32.6 Å². The molecule has 0 aliphatic heterocycles. The second-order valence-electron chi connectivity index (χ2n) is 4.87. The Hall–Kier alpha value is -2.13. The van der Waals surface area contributed by atoms with Crippen molar-refractivity contribution in [3.8, 4) is 0 Å². The number of alkyl halides is 3. The maximum Gasteiger partial charge on any atom is 0.416 e. The van der Waals surface area contributed by atoms with E-state index in [2.05, 4.69) is 0 Å². The minimum atomic E-state index is -4.70. The predicted molar refractivity (Wildman–Crippen MR) is 83.2 cm³/mol. The Morgan fingerprint density at radius 2 is 1.68 bits per heavy atom. The standard InChI is InChI=1S/C15H10ClF4NO3S/c16-14(22)9-21(12-3-1-2-10(8-12)15(18,19)20)25(23,24)13-6-4-11(17)5-7-13/h1-8H,9H2. The van der Waals surface area contributed by atoms with E-state index >= 15 is 0 Å². The Balaban J connectivity index is 2.57. The molecule has 4 nitrogen and oxygen atoms in total. The Morgan fingerprint density at radius 3 is 2.20 bits per heavy atom. The van der Waals surface area contributed by atoms with E-state index in [4.69, 9.17) is 11.6 Å². The van der Waals surface area contributed by atoms with E-state index in [1.807, 2.05) is 0 Å². The average Bonchev–Trinajstić information content (AvgIpc) is 2.52. The van der Waals surface area contributed by atoms with Crippen LogP contribution in [-0.2, 0) is 21.0 Å². The highest BCUT2D eigenvalue weighted by Gasteiger charge is 2.33. The third-order valence-electron chi connectivity index (χ3n) is 3.13. The lowest BCUT2D eigenvalue weighted by Gasteiger charge is -2.23. The molecule has 0 N–H and O–H groups in total. The minimum Gasteiger partial charge on any atom is -0.279 e. The van der Waals surface area contributed by atoms with E-state index in [0.717, 1.165) is 42.5 Å². The molecule has 0 saturated heterocycles. The minimum absolute atomic E-state index is 0.395. The van der Waals surface area contributed by atoms with Gasteiger partial charge in [-0.2, -0.15) is 13.2 Å². The fourth-order valence-corrected chi connectivity index (χ4v) is 3.60. The Labute approximate surface area is 145 Å². The lowest BCUT2D eigenvalue weighted by molar-refractivity contribution is -0.137. The van der Waals surface area contributed by atoms with Gasteiger partial charge in [0.15, 0.2) is 0 Å². The van der Waals surface area contributed by atoms with Gasteiger partial charge < -0.3 is 0 Å². The number of hydrogen-bond acceptors (Lipinski definition) is 3. The van der Waals surface area contributed by atoms with Gasteiger partial charge in [-0.05, 0) is 54.1 Å². The lowest BCUT2D eigenvalue weighted by Crippen LogP contribution is -2.34. The number of anilines is 1. The van der Waals surface area contributed by atoms with Crippen molar-refractivity contribution in [1.29, 1.82) is 0 Å². The molecule has 0 atom stereocenters. The number of halogens is 5. The monoisotopic (exact) mass is 395 g/mol. The van der Waals surface area contributed by atoms with Crippen molar-refractivity contribution < 1.29 is 30.8 Å². The van der Waals surface area contributed by atoms with Crippen LogP contribution in [0.2, 0.25) is 0 Å². The second-order valence-corrected chi connectivity index (χ2v) is 7.15. The van der Waals surface area contributed by atoms with Crippen LogP contribution in [0.5, 0.6) is 0 Å². The third kappa shape index (κ3) is 4.49. The molecule has 0 amide bonds. The number of carbonyl (C=O) groups is 1. The molecule has 0 unspecified atom stereocenters. The molecule has 10 heteroatoms. The van der Waals surface area contributed by atoms with E-state index in [-0.39, 0.29) is 0 Å². The summed E-state index contributed by atoms with van der Waals surface area (Å²) in [5.74, 6) is -0.696. The largest absolute Gasteiger partial charge is 0.416 e. The smallest absolute Gasteiger partial charge is 0.279 e.